The smallest absolute Gasteiger partial charge is 0.220 e. The first-order chi connectivity index (χ1) is 14.7. The Bertz CT molecular complexity index is 1130. The van der Waals surface area contributed by atoms with Crippen molar-refractivity contribution in [3.05, 3.63) is 84.2 Å². The Balaban J connectivity index is 1.55. The van der Waals surface area contributed by atoms with Crippen LogP contribution in [-0.4, -0.2) is 23.0 Å². The van der Waals surface area contributed by atoms with Gasteiger partial charge in [-0.2, -0.15) is 0 Å². The van der Waals surface area contributed by atoms with Gasteiger partial charge in [0.15, 0.2) is 0 Å². The molecule has 152 valence electrons. The first kappa shape index (κ1) is 19.7. The average Bonchev–Trinajstić information content (AvgIpc) is 3.17. The number of aromatic amines is 1. The van der Waals surface area contributed by atoms with Gasteiger partial charge in [0.25, 0.3) is 0 Å². The molecule has 0 fully saturated rings. The number of carbonyl (C=O) groups is 1. The van der Waals surface area contributed by atoms with E-state index in [-0.39, 0.29) is 11.9 Å². The molecule has 0 bridgehead atoms. The summed E-state index contributed by atoms with van der Waals surface area (Å²) >= 11 is 0. The predicted octanol–water partition coefficient (Wildman–Crippen LogP) is 5.05. The second-order valence-electron chi connectivity index (χ2n) is 7.32. The number of nitrogens with one attached hydrogen (secondary N) is 2. The number of hydrogen-bond donors (Lipinski definition) is 2. The van der Waals surface area contributed by atoms with Crippen LogP contribution in [0.5, 0.6) is 5.75 Å². The number of H-pyrrole nitrogens is 1. The van der Waals surface area contributed by atoms with Crippen molar-refractivity contribution in [1.82, 2.24) is 15.3 Å². The molecular weight excluding hydrogens is 374 g/mol. The van der Waals surface area contributed by atoms with Crippen molar-refractivity contribution < 1.29 is 9.53 Å². The molecule has 5 nitrogen and oxygen atoms in total. The minimum atomic E-state index is -0.0514. The zero-order valence-electron chi connectivity index (χ0n) is 17.2. The molecule has 0 unspecified atom stereocenters. The largest absolute Gasteiger partial charge is 0.497 e. The van der Waals surface area contributed by atoms with Crippen molar-refractivity contribution in [1.29, 1.82) is 0 Å². The molecule has 2 heterocycles. The molecule has 5 heteroatoms. The van der Waals surface area contributed by atoms with Gasteiger partial charge in [-0.1, -0.05) is 18.2 Å². The van der Waals surface area contributed by atoms with E-state index in [4.69, 9.17) is 4.74 Å². The maximum Gasteiger partial charge on any atom is 0.220 e. The summed E-state index contributed by atoms with van der Waals surface area (Å²) in [4.78, 5) is 20.2. The van der Waals surface area contributed by atoms with Gasteiger partial charge in [-0.3, -0.25) is 9.78 Å². The van der Waals surface area contributed by atoms with E-state index in [1.54, 1.807) is 19.5 Å². The highest BCUT2D eigenvalue weighted by Gasteiger charge is 2.16. The lowest BCUT2D eigenvalue weighted by molar-refractivity contribution is -0.121. The number of rotatable bonds is 7. The molecule has 0 spiro atoms. The number of para-hydroxylation sites is 1. The van der Waals surface area contributed by atoms with Crippen LogP contribution in [0.25, 0.3) is 22.2 Å². The number of benzene rings is 2. The number of pyridine rings is 1. The summed E-state index contributed by atoms with van der Waals surface area (Å²) in [6.45, 7) is 1.99. The van der Waals surface area contributed by atoms with Gasteiger partial charge in [0, 0.05) is 35.4 Å². The Morgan fingerprint density at radius 2 is 1.80 bits per heavy atom. The topological polar surface area (TPSA) is 67.0 Å². The number of aryl methyl sites for hydroxylation is 1. The number of nitrogens with zero attached hydrogens (tertiary/aromatic N) is 1. The van der Waals surface area contributed by atoms with Gasteiger partial charge in [-0.25, -0.2) is 0 Å². The standard InChI is InChI=1S/C25H25N3O2/c1-17(18-13-15-26-16-14-18)27-24(29)12-11-22-21-5-3-4-6-23(21)28-25(22)19-7-9-20(30-2)10-8-19/h3-10,13-17,28H,11-12H2,1-2H3,(H,27,29)/t17-/m1/s1. The van der Waals surface area contributed by atoms with E-state index < -0.39 is 0 Å². The van der Waals surface area contributed by atoms with Gasteiger partial charge in [-0.05, 0) is 72.5 Å². The van der Waals surface area contributed by atoms with Crippen molar-refractivity contribution in [2.45, 2.75) is 25.8 Å². The molecule has 1 atom stereocenters. The summed E-state index contributed by atoms with van der Waals surface area (Å²) in [6, 6.07) is 20.0. The SMILES string of the molecule is COc1ccc(-c2[nH]c3ccccc3c2CCC(=O)N[C@H](C)c2ccncc2)cc1. The Morgan fingerprint density at radius 3 is 2.53 bits per heavy atom. The summed E-state index contributed by atoms with van der Waals surface area (Å²) in [7, 11) is 1.66. The van der Waals surface area contributed by atoms with Crippen LogP contribution >= 0.6 is 0 Å². The zero-order chi connectivity index (χ0) is 20.9. The van der Waals surface area contributed by atoms with E-state index in [1.807, 2.05) is 55.5 Å². The van der Waals surface area contributed by atoms with Crippen molar-refractivity contribution in [2.75, 3.05) is 7.11 Å². The zero-order valence-corrected chi connectivity index (χ0v) is 17.2. The lowest BCUT2D eigenvalue weighted by atomic mass is 10.0. The third-order valence-electron chi connectivity index (χ3n) is 5.38. The van der Waals surface area contributed by atoms with E-state index in [1.165, 1.54) is 0 Å². The van der Waals surface area contributed by atoms with Crippen LogP contribution in [-0.2, 0) is 11.2 Å². The molecule has 2 aromatic heterocycles. The second-order valence-corrected chi connectivity index (χ2v) is 7.32. The van der Waals surface area contributed by atoms with Crippen LogP contribution in [0, 0.1) is 0 Å². The van der Waals surface area contributed by atoms with E-state index in [2.05, 4.69) is 27.4 Å². The van der Waals surface area contributed by atoms with Crippen molar-refractivity contribution in [3.63, 3.8) is 0 Å². The quantitative estimate of drug-likeness (QED) is 0.457. The summed E-state index contributed by atoms with van der Waals surface area (Å²) in [5, 5.41) is 4.24. The minimum Gasteiger partial charge on any atom is -0.497 e. The van der Waals surface area contributed by atoms with Crippen LogP contribution in [0.2, 0.25) is 0 Å². The normalized spacial score (nSPS) is 11.9. The first-order valence-electron chi connectivity index (χ1n) is 10.1. The summed E-state index contributed by atoms with van der Waals surface area (Å²) in [5.74, 6) is 0.853. The Hall–Kier alpha value is -3.60. The molecule has 4 rings (SSSR count). The molecule has 0 aliphatic rings. The number of ether oxygens (including phenoxy) is 1. The van der Waals surface area contributed by atoms with Crippen LogP contribution in [0.3, 0.4) is 0 Å². The average molecular weight is 399 g/mol. The van der Waals surface area contributed by atoms with Gasteiger partial charge in [0.2, 0.25) is 5.91 Å². The fourth-order valence-corrected chi connectivity index (χ4v) is 3.75. The Kier molecular flexibility index (Phi) is 5.80. The molecule has 0 saturated heterocycles. The molecule has 2 aromatic carbocycles. The lowest BCUT2D eigenvalue weighted by Crippen LogP contribution is -2.26. The van der Waals surface area contributed by atoms with Crippen LogP contribution in [0.15, 0.2) is 73.1 Å². The number of aromatic nitrogens is 2. The number of amides is 1. The van der Waals surface area contributed by atoms with Crippen LogP contribution in [0.4, 0.5) is 0 Å². The van der Waals surface area contributed by atoms with Gasteiger partial charge in [0.1, 0.15) is 5.75 Å². The monoisotopic (exact) mass is 399 g/mol. The fraction of sp³-hybridized carbons (Fsp3) is 0.200. The molecule has 0 saturated carbocycles. The van der Waals surface area contributed by atoms with Crippen molar-refractivity contribution in [2.24, 2.45) is 0 Å². The number of fused-ring (bicyclic) bond motifs is 1. The number of hydrogen-bond acceptors (Lipinski definition) is 3. The third kappa shape index (κ3) is 4.20. The first-order valence-corrected chi connectivity index (χ1v) is 10.1. The van der Waals surface area contributed by atoms with Gasteiger partial charge in [0.05, 0.1) is 13.2 Å². The highest BCUT2D eigenvalue weighted by molar-refractivity contribution is 5.91. The predicted molar refractivity (Wildman–Crippen MR) is 119 cm³/mol. The number of methoxy groups -OCH3 is 1. The highest BCUT2D eigenvalue weighted by atomic mass is 16.5. The molecule has 0 aliphatic carbocycles. The minimum absolute atomic E-state index is 0.0327. The van der Waals surface area contributed by atoms with Gasteiger partial charge in [-0.15, -0.1) is 0 Å². The Morgan fingerprint density at radius 1 is 1.07 bits per heavy atom. The summed E-state index contributed by atoms with van der Waals surface area (Å²) in [6.07, 6.45) is 4.55. The van der Waals surface area contributed by atoms with E-state index in [0.29, 0.717) is 12.8 Å². The number of carbonyl (C=O) groups excluding carboxylic acids is 1. The van der Waals surface area contributed by atoms with E-state index in [0.717, 1.165) is 39.0 Å². The fourth-order valence-electron chi connectivity index (χ4n) is 3.75. The van der Waals surface area contributed by atoms with Crippen LogP contribution in [0.1, 0.15) is 30.5 Å². The third-order valence-corrected chi connectivity index (χ3v) is 5.38. The highest BCUT2D eigenvalue weighted by Crippen LogP contribution is 2.32. The maximum atomic E-state index is 12.6. The molecule has 30 heavy (non-hydrogen) atoms. The Labute approximate surface area is 176 Å². The molecular formula is C25H25N3O2. The summed E-state index contributed by atoms with van der Waals surface area (Å²) < 4.78 is 5.28. The molecule has 4 aromatic rings. The molecule has 0 radical (unpaired) electrons. The second kappa shape index (κ2) is 8.82. The molecule has 1 amide bonds. The molecule has 2 N–H and O–H groups in total. The van der Waals surface area contributed by atoms with Gasteiger partial charge >= 0.3 is 0 Å². The van der Waals surface area contributed by atoms with E-state index >= 15 is 0 Å². The summed E-state index contributed by atoms with van der Waals surface area (Å²) in [5.41, 5.74) is 5.40. The van der Waals surface area contributed by atoms with Crippen molar-refractivity contribution in [3.8, 4) is 17.0 Å². The van der Waals surface area contributed by atoms with Crippen molar-refractivity contribution >= 4 is 16.8 Å². The maximum absolute atomic E-state index is 12.6. The van der Waals surface area contributed by atoms with E-state index in [9.17, 15) is 4.79 Å². The lowest BCUT2D eigenvalue weighted by Gasteiger charge is -2.14. The molecule has 0 aliphatic heterocycles. The van der Waals surface area contributed by atoms with Gasteiger partial charge < -0.3 is 15.0 Å². The van der Waals surface area contributed by atoms with Crippen LogP contribution < -0.4 is 10.1 Å².